The minimum atomic E-state index is -4.56. The number of nitrogens with one attached hydrogen (secondary N) is 1. The van der Waals surface area contributed by atoms with Gasteiger partial charge in [-0.2, -0.15) is 13.2 Å². The fourth-order valence-electron chi connectivity index (χ4n) is 3.68. The number of para-hydroxylation sites is 1. The van der Waals surface area contributed by atoms with E-state index < -0.39 is 24.5 Å². The Kier molecular flexibility index (Phi) is 5.19. The lowest BCUT2D eigenvalue weighted by molar-refractivity contribution is -0.149. The SMILES string of the molecule is CC(NC(=O)c1ccc2c(n1)N(C(O)Oc1ccccc1)[C@H]1CCN2C1)C(F)(F)F. The van der Waals surface area contributed by atoms with E-state index in [1.807, 2.05) is 11.4 Å². The summed E-state index contributed by atoms with van der Waals surface area (Å²) < 4.78 is 44.0. The van der Waals surface area contributed by atoms with Crippen molar-refractivity contribution in [3.05, 3.63) is 48.2 Å². The molecule has 0 spiro atoms. The molecule has 1 saturated heterocycles. The first-order valence-corrected chi connectivity index (χ1v) is 9.55. The van der Waals surface area contributed by atoms with Gasteiger partial charge in [-0.25, -0.2) is 4.98 Å². The van der Waals surface area contributed by atoms with Crippen molar-refractivity contribution >= 4 is 17.4 Å². The molecule has 2 aromatic rings. The van der Waals surface area contributed by atoms with E-state index in [0.29, 0.717) is 23.8 Å². The Bertz CT molecular complexity index is 925. The topological polar surface area (TPSA) is 77.9 Å². The molecule has 0 saturated carbocycles. The molecule has 1 aromatic heterocycles. The second kappa shape index (κ2) is 7.67. The molecule has 7 nitrogen and oxygen atoms in total. The van der Waals surface area contributed by atoms with Crippen LogP contribution in [0.3, 0.4) is 0 Å². The minimum absolute atomic E-state index is 0.101. The maximum absolute atomic E-state index is 12.8. The van der Waals surface area contributed by atoms with Crippen molar-refractivity contribution in [2.24, 2.45) is 0 Å². The van der Waals surface area contributed by atoms with Crippen molar-refractivity contribution in [1.82, 2.24) is 10.3 Å². The molecule has 1 amide bonds. The first-order chi connectivity index (χ1) is 14.2. The van der Waals surface area contributed by atoms with Gasteiger partial charge in [-0.15, -0.1) is 0 Å². The summed E-state index contributed by atoms with van der Waals surface area (Å²) >= 11 is 0. The molecule has 1 aromatic carbocycles. The number of nitrogens with zero attached hydrogens (tertiary/aromatic N) is 3. The number of amides is 1. The molecule has 2 unspecified atom stereocenters. The number of aliphatic hydroxyl groups excluding tert-OH is 1. The summed E-state index contributed by atoms with van der Waals surface area (Å²) in [4.78, 5) is 20.3. The third-order valence-electron chi connectivity index (χ3n) is 5.29. The Hall–Kier alpha value is -3.01. The lowest BCUT2D eigenvalue weighted by Gasteiger charge is -2.39. The summed E-state index contributed by atoms with van der Waals surface area (Å²) in [5.41, 5.74) is 0.532. The lowest BCUT2D eigenvalue weighted by atomic mass is 10.1. The summed E-state index contributed by atoms with van der Waals surface area (Å²) in [6.07, 6.45) is -5.17. The fourth-order valence-corrected chi connectivity index (χ4v) is 3.68. The second-order valence-electron chi connectivity index (χ2n) is 7.33. The van der Waals surface area contributed by atoms with Gasteiger partial charge in [0.25, 0.3) is 12.3 Å². The molecule has 2 aliphatic rings. The standard InChI is InChI=1S/C20H21F3N4O3/c1-12(20(21,22)23)24-18(28)15-7-8-16-17(25-15)27(13-9-10-26(16)11-13)19(29)30-14-5-3-2-4-6-14/h2-8,12-13,19,29H,9-11H2,1H3,(H,24,28)/t12?,13-,19?/m0/s1. The number of hydrogen-bond acceptors (Lipinski definition) is 6. The average Bonchev–Trinajstić information content (AvgIpc) is 3.12. The summed E-state index contributed by atoms with van der Waals surface area (Å²) in [6, 6.07) is 9.67. The third kappa shape index (κ3) is 3.87. The molecule has 0 aliphatic carbocycles. The van der Waals surface area contributed by atoms with Gasteiger partial charge in [0.2, 0.25) is 0 Å². The summed E-state index contributed by atoms with van der Waals surface area (Å²) in [7, 11) is 0. The second-order valence-corrected chi connectivity index (χ2v) is 7.33. The fraction of sp³-hybridized carbons (Fsp3) is 0.400. The zero-order chi connectivity index (χ0) is 21.5. The maximum Gasteiger partial charge on any atom is 0.408 e. The van der Waals surface area contributed by atoms with E-state index in [4.69, 9.17) is 4.74 Å². The first-order valence-electron chi connectivity index (χ1n) is 9.55. The van der Waals surface area contributed by atoms with Gasteiger partial charge in [-0.1, -0.05) is 18.2 Å². The van der Waals surface area contributed by atoms with Gasteiger partial charge >= 0.3 is 6.18 Å². The number of pyridine rings is 1. The van der Waals surface area contributed by atoms with Crippen LogP contribution in [-0.2, 0) is 0 Å². The van der Waals surface area contributed by atoms with Gasteiger partial charge in [0, 0.05) is 13.1 Å². The van der Waals surface area contributed by atoms with Gasteiger partial charge in [-0.3, -0.25) is 9.69 Å². The zero-order valence-corrected chi connectivity index (χ0v) is 16.1. The highest BCUT2D eigenvalue weighted by molar-refractivity contribution is 5.94. The number of fused-ring (bicyclic) bond motifs is 4. The Morgan fingerprint density at radius 3 is 2.70 bits per heavy atom. The molecule has 1 fully saturated rings. The van der Waals surface area contributed by atoms with Crippen LogP contribution in [-0.4, -0.2) is 53.8 Å². The van der Waals surface area contributed by atoms with Gasteiger partial charge in [0.05, 0.1) is 11.7 Å². The number of alkyl halides is 3. The van der Waals surface area contributed by atoms with Crippen molar-refractivity contribution in [2.75, 3.05) is 22.9 Å². The van der Waals surface area contributed by atoms with Crippen molar-refractivity contribution in [3.8, 4) is 5.75 Å². The van der Waals surface area contributed by atoms with Crippen molar-refractivity contribution in [3.63, 3.8) is 0 Å². The molecule has 2 aliphatic heterocycles. The number of carbonyl (C=O) groups is 1. The monoisotopic (exact) mass is 422 g/mol. The van der Waals surface area contributed by atoms with Crippen LogP contribution in [0.5, 0.6) is 5.75 Å². The molecule has 3 heterocycles. The van der Waals surface area contributed by atoms with Crippen LogP contribution in [0.4, 0.5) is 24.7 Å². The third-order valence-corrected chi connectivity index (χ3v) is 5.29. The quantitative estimate of drug-likeness (QED) is 0.722. The van der Waals surface area contributed by atoms with Crippen molar-refractivity contribution in [1.29, 1.82) is 0 Å². The van der Waals surface area contributed by atoms with Gasteiger partial charge < -0.3 is 20.1 Å². The smallest absolute Gasteiger partial charge is 0.408 e. The van der Waals surface area contributed by atoms with Crippen LogP contribution in [0.25, 0.3) is 0 Å². The predicted octanol–water partition coefficient (Wildman–Crippen LogP) is 2.52. The lowest BCUT2D eigenvalue weighted by Crippen LogP contribution is -2.51. The van der Waals surface area contributed by atoms with Crippen LogP contribution >= 0.6 is 0 Å². The molecule has 10 heteroatoms. The average molecular weight is 422 g/mol. The molecular formula is C20H21F3N4O3. The number of ether oxygens (including phenoxy) is 1. The highest BCUT2D eigenvalue weighted by Gasteiger charge is 2.41. The summed E-state index contributed by atoms with van der Waals surface area (Å²) in [6.45, 7) is 2.26. The Morgan fingerprint density at radius 1 is 1.27 bits per heavy atom. The number of carbonyl (C=O) groups excluding carboxylic acids is 1. The number of halogens is 3. The van der Waals surface area contributed by atoms with E-state index in [1.54, 1.807) is 35.2 Å². The summed E-state index contributed by atoms with van der Waals surface area (Å²) in [5.74, 6) is -0.173. The molecule has 2 N–H and O–H groups in total. The molecule has 30 heavy (non-hydrogen) atoms. The van der Waals surface area contributed by atoms with E-state index in [-0.39, 0.29) is 11.7 Å². The van der Waals surface area contributed by atoms with E-state index in [2.05, 4.69) is 9.88 Å². The number of hydrogen-bond donors (Lipinski definition) is 2. The molecule has 3 atom stereocenters. The normalized spacial score (nSPS) is 19.8. The van der Waals surface area contributed by atoms with Crippen molar-refractivity contribution in [2.45, 2.75) is 38.0 Å². The largest absolute Gasteiger partial charge is 0.447 e. The number of anilines is 2. The van der Waals surface area contributed by atoms with E-state index >= 15 is 0 Å². The molecule has 2 bridgehead atoms. The van der Waals surface area contributed by atoms with Crippen LogP contribution in [0.15, 0.2) is 42.5 Å². The highest BCUT2D eigenvalue weighted by Crippen LogP contribution is 2.40. The Labute approximate surface area is 171 Å². The molecule has 0 radical (unpaired) electrons. The number of benzene rings is 1. The van der Waals surface area contributed by atoms with E-state index in [9.17, 15) is 23.1 Å². The molecule has 4 rings (SSSR count). The van der Waals surface area contributed by atoms with Crippen molar-refractivity contribution < 1.29 is 27.8 Å². The number of aliphatic hydroxyl groups is 1. The maximum atomic E-state index is 12.8. The van der Waals surface area contributed by atoms with Crippen LogP contribution in [0.1, 0.15) is 23.8 Å². The minimum Gasteiger partial charge on any atom is -0.447 e. The van der Waals surface area contributed by atoms with Gasteiger partial charge in [-0.05, 0) is 37.6 Å². The number of aromatic nitrogens is 1. The zero-order valence-electron chi connectivity index (χ0n) is 16.1. The predicted molar refractivity (Wildman–Crippen MR) is 103 cm³/mol. The van der Waals surface area contributed by atoms with Crippen LogP contribution < -0.4 is 19.9 Å². The van der Waals surface area contributed by atoms with Gasteiger partial charge in [0.15, 0.2) is 5.82 Å². The van der Waals surface area contributed by atoms with E-state index in [0.717, 1.165) is 19.9 Å². The van der Waals surface area contributed by atoms with Gasteiger partial charge in [0.1, 0.15) is 17.5 Å². The van der Waals surface area contributed by atoms with Crippen LogP contribution in [0.2, 0.25) is 0 Å². The summed E-state index contributed by atoms with van der Waals surface area (Å²) in [5, 5.41) is 12.7. The molecular weight excluding hydrogens is 401 g/mol. The Morgan fingerprint density at radius 2 is 2.00 bits per heavy atom. The Balaban J connectivity index is 1.62. The van der Waals surface area contributed by atoms with Crippen LogP contribution in [0, 0.1) is 0 Å². The highest BCUT2D eigenvalue weighted by atomic mass is 19.4. The number of rotatable bonds is 5. The molecule has 160 valence electrons. The van der Waals surface area contributed by atoms with E-state index in [1.165, 1.54) is 6.07 Å². The first kappa shape index (κ1) is 20.3.